The number of hydrogen-bond acceptors (Lipinski definition) is 3. The molecule has 0 aromatic heterocycles. The molecule has 0 bridgehead atoms. The molecular formula is C31H35N4O3Si+. The molecule has 5 rings (SSSR count). The van der Waals surface area contributed by atoms with Crippen molar-refractivity contribution < 1.29 is 19.8 Å². The summed E-state index contributed by atoms with van der Waals surface area (Å²) in [5, 5.41) is 14.4. The van der Waals surface area contributed by atoms with Crippen molar-refractivity contribution >= 4 is 48.0 Å². The van der Waals surface area contributed by atoms with E-state index in [4.69, 9.17) is 5.41 Å². The summed E-state index contributed by atoms with van der Waals surface area (Å²) in [5.41, 5.74) is 7.44. The number of fused-ring (bicyclic) bond motifs is 2. The van der Waals surface area contributed by atoms with E-state index >= 15 is 0 Å². The molecule has 2 aromatic rings. The molecule has 1 saturated heterocycles. The minimum Gasteiger partial charge on any atom is -0.347 e. The first-order chi connectivity index (χ1) is 18.6. The van der Waals surface area contributed by atoms with E-state index in [0.717, 1.165) is 17.8 Å². The fourth-order valence-corrected chi connectivity index (χ4v) is 9.05. The zero-order valence-corrected chi connectivity index (χ0v) is 23.9. The Morgan fingerprint density at radius 2 is 1.85 bits per heavy atom. The van der Waals surface area contributed by atoms with Gasteiger partial charge in [-0.25, -0.2) is 0 Å². The summed E-state index contributed by atoms with van der Waals surface area (Å²) in [4.78, 5) is 38.9. The van der Waals surface area contributed by atoms with Crippen molar-refractivity contribution in [3.05, 3.63) is 88.2 Å². The van der Waals surface area contributed by atoms with Crippen molar-refractivity contribution in [3.63, 3.8) is 0 Å². The number of allylic oxidation sites excluding steroid dienone is 5. The third-order valence-electron chi connectivity index (χ3n) is 7.99. The second kappa shape index (κ2) is 10.3. The first-order valence-corrected chi connectivity index (χ1v) is 16.4. The van der Waals surface area contributed by atoms with Gasteiger partial charge in [0.05, 0.1) is 6.54 Å². The van der Waals surface area contributed by atoms with Crippen LogP contribution >= 0.6 is 0 Å². The smallest absolute Gasteiger partial charge is 0.247 e. The Morgan fingerprint density at radius 1 is 1.08 bits per heavy atom. The van der Waals surface area contributed by atoms with Crippen LogP contribution in [0.2, 0.25) is 13.1 Å². The Hall–Kier alpha value is -4.04. The highest BCUT2D eigenvalue weighted by Gasteiger charge is 2.40. The lowest BCUT2D eigenvalue weighted by Crippen LogP contribution is -2.51. The number of nitrogens with zero attached hydrogens (tertiary/aromatic N) is 1. The Labute approximate surface area is 230 Å². The molecule has 2 heterocycles. The number of nitrogens with two attached hydrogens (primary N) is 1. The molecule has 1 aliphatic carbocycles. The minimum atomic E-state index is -2.18. The molecule has 3 amide bonds. The van der Waals surface area contributed by atoms with E-state index in [2.05, 4.69) is 79.2 Å². The number of hydrogen-bond donors (Lipinski definition) is 3. The molecule has 2 aromatic carbocycles. The molecule has 3 aliphatic rings. The summed E-state index contributed by atoms with van der Waals surface area (Å²) >= 11 is 0. The first kappa shape index (κ1) is 26.6. The van der Waals surface area contributed by atoms with E-state index in [1.807, 2.05) is 12.1 Å². The third kappa shape index (κ3) is 4.92. The summed E-state index contributed by atoms with van der Waals surface area (Å²) in [6, 6.07) is 14.1. The molecule has 2 aliphatic heterocycles. The highest BCUT2D eigenvalue weighted by Crippen LogP contribution is 2.42. The first-order valence-electron chi connectivity index (χ1n) is 13.4. The molecule has 1 atom stereocenters. The Balaban J connectivity index is 1.51. The molecule has 1 unspecified atom stereocenters. The van der Waals surface area contributed by atoms with Gasteiger partial charge in [0.2, 0.25) is 17.7 Å². The maximum absolute atomic E-state index is 13.4. The summed E-state index contributed by atoms with van der Waals surface area (Å²) < 4.78 is 0. The number of carbonyl (C=O) groups excluding carboxylic acids is 3. The standard InChI is InChI=1S/C31H34N4O3Si/c1-19-8-5-6-9-23(19)30-24-13-11-21(32)16-27(24)39(3,4)28-17-22(12-14-25(28)30)34-31(38)26-10-7-15-35(26)29(37)18-33-20(2)36/h5-6,8-9,11-14,16-17,26,32H,7,10,15,18H2,1-4H3,(H,33,36)(H,34,38)/p+1. The second-order valence-electron chi connectivity index (χ2n) is 11.0. The highest BCUT2D eigenvalue weighted by atomic mass is 28.3. The van der Waals surface area contributed by atoms with Crippen LogP contribution in [0.4, 0.5) is 5.69 Å². The molecule has 39 heavy (non-hydrogen) atoms. The predicted octanol–water partition coefficient (Wildman–Crippen LogP) is 2.03. The lowest BCUT2D eigenvalue weighted by molar-refractivity contribution is -0.136. The van der Waals surface area contributed by atoms with Crippen LogP contribution in [0.3, 0.4) is 0 Å². The van der Waals surface area contributed by atoms with Gasteiger partial charge >= 0.3 is 0 Å². The Kier molecular flexibility index (Phi) is 6.99. The van der Waals surface area contributed by atoms with Gasteiger partial charge in [-0.15, -0.1) is 0 Å². The maximum Gasteiger partial charge on any atom is 0.247 e. The van der Waals surface area contributed by atoms with Crippen LogP contribution < -0.4 is 21.2 Å². The fourth-order valence-electron chi connectivity index (χ4n) is 5.95. The van der Waals surface area contributed by atoms with E-state index < -0.39 is 14.1 Å². The van der Waals surface area contributed by atoms with Crippen LogP contribution in [0, 0.1) is 6.92 Å². The molecule has 7 nitrogen and oxygen atoms in total. The van der Waals surface area contributed by atoms with Crippen molar-refractivity contribution in [1.82, 2.24) is 10.2 Å². The average Bonchev–Trinajstić information content (AvgIpc) is 3.39. The number of anilines is 1. The van der Waals surface area contributed by atoms with Crippen molar-refractivity contribution in [1.29, 1.82) is 0 Å². The quantitative estimate of drug-likeness (QED) is 0.507. The van der Waals surface area contributed by atoms with Gasteiger partial charge in [-0.1, -0.05) is 43.4 Å². The minimum absolute atomic E-state index is 0.0994. The molecule has 1 fully saturated rings. The van der Waals surface area contributed by atoms with E-state index in [1.54, 1.807) is 4.90 Å². The van der Waals surface area contributed by atoms with Gasteiger partial charge in [0, 0.05) is 31.3 Å². The second-order valence-corrected chi connectivity index (χ2v) is 15.4. The lowest BCUT2D eigenvalue weighted by Gasteiger charge is -2.38. The largest absolute Gasteiger partial charge is 0.347 e. The fraction of sp³-hybridized carbons (Fsp3) is 0.290. The average molecular weight is 540 g/mol. The van der Waals surface area contributed by atoms with Crippen molar-refractivity contribution in [2.45, 2.75) is 45.8 Å². The maximum atomic E-state index is 13.4. The van der Waals surface area contributed by atoms with Gasteiger partial charge in [0.25, 0.3) is 0 Å². The molecular weight excluding hydrogens is 504 g/mol. The van der Waals surface area contributed by atoms with Crippen LogP contribution in [0.5, 0.6) is 0 Å². The van der Waals surface area contributed by atoms with Crippen LogP contribution in [-0.4, -0.2) is 55.5 Å². The zero-order chi connectivity index (χ0) is 27.9. The lowest BCUT2D eigenvalue weighted by atomic mass is 9.87. The van der Waals surface area contributed by atoms with E-state index in [1.165, 1.54) is 45.1 Å². The van der Waals surface area contributed by atoms with Crippen molar-refractivity contribution in [2.75, 3.05) is 18.4 Å². The molecule has 0 saturated carbocycles. The number of rotatable bonds is 5. The van der Waals surface area contributed by atoms with Gasteiger partial charge in [-0.05, 0) is 76.2 Å². The summed E-state index contributed by atoms with van der Waals surface area (Å²) in [6.45, 7) is 8.56. The van der Waals surface area contributed by atoms with E-state index in [9.17, 15) is 14.4 Å². The summed E-state index contributed by atoms with van der Waals surface area (Å²) in [7, 11) is -2.18. The van der Waals surface area contributed by atoms with Gasteiger partial charge < -0.3 is 15.5 Å². The number of nitrogens with one attached hydrogen (secondary N) is 2. The highest BCUT2D eigenvalue weighted by molar-refractivity contribution is 6.98. The molecule has 4 N–H and O–H groups in total. The SMILES string of the molecule is CC(=O)NCC(=O)N1CCCC1C(=O)Nc1ccc2c(c1)[Si](C)(C)C1=CC(=[NH2+])C=CC1=C2c1ccccc1C. The van der Waals surface area contributed by atoms with Gasteiger partial charge in [0.15, 0.2) is 5.71 Å². The van der Waals surface area contributed by atoms with Crippen molar-refractivity contribution in [3.8, 4) is 0 Å². The number of carbonyl (C=O) groups is 3. The topological polar surface area (TPSA) is 104 Å². The molecule has 8 heteroatoms. The number of aryl methyl sites for hydroxylation is 1. The van der Waals surface area contributed by atoms with E-state index in [0.29, 0.717) is 13.0 Å². The van der Waals surface area contributed by atoms with Crippen molar-refractivity contribution in [2.24, 2.45) is 0 Å². The third-order valence-corrected chi connectivity index (χ3v) is 11.5. The van der Waals surface area contributed by atoms with Crippen LogP contribution in [0.1, 0.15) is 36.5 Å². The zero-order valence-electron chi connectivity index (χ0n) is 22.9. The van der Waals surface area contributed by atoms with Crippen LogP contribution in [-0.2, 0) is 14.4 Å². The van der Waals surface area contributed by atoms with Crippen LogP contribution in [0.15, 0.2) is 71.5 Å². The number of likely N-dealkylation sites (tertiary alicyclic amines) is 1. The Morgan fingerprint density at radius 3 is 2.59 bits per heavy atom. The molecule has 0 spiro atoms. The van der Waals surface area contributed by atoms with Gasteiger partial charge in [-0.2, -0.15) is 0 Å². The van der Waals surface area contributed by atoms with Crippen LogP contribution in [0.25, 0.3) is 5.57 Å². The predicted molar refractivity (Wildman–Crippen MR) is 157 cm³/mol. The molecule has 200 valence electrons. The monoisotopic (exact) mass is 539 g/mol. The normalized spacial score (nSPS) is 19.3. The van der Waals surface area contributed by atoms with Gasteiger partial charge in [-0.3, -0.25) is 19.8 Å². The molecule has 0 radical (unpaired) electrons. The Bertz CT molecular complexity index is 1500. The number of amides is 3. The van der Waals surface area contributed by atoms with Gasteiger partial charge in [0.1, 0.15) is 14.1 Å². The van der Waals surface area contributed by atoms with E-state index in [-0.39, 0.29) is 24.3 Å². The summed E-state index contributed by atoms with van der Waals surface area (Å²) in [6.07, 6.45) is 7.58. The summed E-state index contributed by atoms with van der Waals surface area (Å²) in [5.74, 6) is -0.713. The number of benzene rings is 2.